The Morgan fingerprint density at radius 2 is 1.80 bits per heavy atom. The SMILES string of the molecule is N=C[C@H](O)[C@@H](O)[C@@H](O)CO. The highest BCUT2D eigenvalue weighted by molar-refractivity contribution is 5.59. The zero-order valence-electron chi connectivity index (χ0n) is 5.31. The van der Waals surface area contributed by atoms with Gasteiger partial charge in [0.2, 0.25) is 0 Å². The summed E-state index contributed by atoms with van der Waals surface area (Å²) in [5.74, 6) is 0. The molecule has 5 nitrogen and oxygen atoms in total. The Labute approximate surface area is 58.1 Å². The Bertz CT molecular complexity index is 108. The maximum absolute atomic E-state index is 8.77. The minimum absolute atomic E-state index is 0.587. The molecule has 0 fully saturated rings. The molecule has 5 heteroatoms. The first-order valence-corrected chi connectivity index (χ1v) is 2.79. The van der Waals surface area contributed by atoms with Crippen LogP contribution in [0.4, 0.5) is 0 Å². The van der Waals surface area contributed by atoms with Crippen LogP contribution in [0.15, 0.2) is 0 Å². The summed E-state index contributed by atoms with van der Waals surface area (Å²) in [6, 6.07) is 0. The molecule has 0 spiro atoms. The van der Waals surface area contributed by atoms with Crippen molar-refractivity contribution in [1.82, 2.24) is 0 Å². The van der Waals surface area contributed by atoms with Gasteiger partial charge in [-0.15, -0.1) is 0 Å². The number of aliphatic hydroxyl groups excluding tert-OH is 4. The Kier molecular flexibility index (Phi) is 4.13. The standard InChI is InChI=1S/C5H11NO4/c6-1-3(8)5(10)4(9)2-7/h1,3-10H,2H2/t3-,4-,5+/m0/s1. The van der Waals surface area contributed by atoms with Crippen LogP contribution in [0.25, 0.3) is 0 Å². The van der Waals surface area contributed by atoms with Gasteiger partial charge in [-0.25, -0.2) is 0 Å². The molecule has 60 valence electrons. The van der Waals surface area contributed by atoms with E-state index in [9.17, 15) is 0 Å². The average Bonchev–Trinajstić information content (AvgIpc) is 2.00. The van der Waals surface area contributed by atoms with E-state index in [1.165, 1.54) is 0 Å². The topological polar surface area (TPSA) is 105 Å². The minimum atomic E-state index is -1.48. The maximum atomic E-state index is 8.77. The van der Waals surface area contributed by atoms with Crippen LogP contribution in [0.2, 0.25) is 0 Å². The van der Waals surface area contributed by atoms with E-state index in [-0.39, 0.29) is 0 Å². The molecule has 0 rings (SSSR count). The highest BCUT2D eigenvalue weighted by Crippen LogP contribution is 1.96. The summed E-state index contributed by atoms with van der Waals surface area (Å²) in [6.07, 6.45) is -3.70. The zero-order chi connectivity index (χ0) is 8.15. The lowest BCUT2D eigenvalue weighted by Gasteiger charge is -2.17. The summed E-state index contributed by atoms with van der Waals surface area (Å²) < 4.78 is 0. The smallest absolute Gasteiger partial charge is 0.117 e. The van der Waals surface area contributed by atoms with E-state index in [0.717, 1.165) is 0 Å². The van der Waals surface area contributed by atoms with Crippen molar-refractivity contribution >= 4 is 6.21 Å². The van der Waals surface area contributed by atoms with Crippen molar-refractivity contribution in [3.05, 3.63) is 0 Å². The van der Waals surface area contributed by atoms with Crippen molar-refractivity contribution in [2.24, 2.45) is 0 Å². The van der Waals surface area contributed by atoms with Gasteiger partial charge in [0.15, 0.2) is 0 Å². The van der Waals surface area contributed by atoms with Gasteiger partial charge in [0.1, 0.15) is 18.3 Å². The van der Waals surface area contributed by atoms with Gasteiger partial charge in [0.05, 0.1) is 6.61 Å². The number of hydrogen-bond donors (Lipinski definition) is 5. The van der Waals surface area contributed by atoms with Crippen LogP contribution >= 0.6 is 0 Å². The molecule has 10 heavy (non-hydrogen) atoms. The van der Waals surface area contributed by atoms with Crippen molar-refractivity contribution < 1.29 is 20.4 Å². The molecule has 0 aromatic rings. The fourth-order valence-corrected chi connectivity index (χ4v) is 0.434. The van der Waals surface area contributed by atoms with E-state index in [2.05, 4.69) is 0 Å². The third-order valence-electron chi connectivity index (χ3n) is 1.10. The second-order valence-corrected chi connectivity index (χ2v) is 1.90. The first-order chi connectivity index (χ1) is 4.63. The number of rotatable bonds is 4. The lowest BCUT2D eigenvalue weighted by molar-refractivity contribution is -0.0542. The molecule has 0 bridgehead atoms. The molecule has 0 aromatic carbocycles. The highest BCUT2D eigenvalue weighted by atomic mass is 16.4. The number of aliphatic hydroxyl groups is 4. The van der Waals surface area contributed by atoms with Crippen molar-refractivity contribution in [3.63, 3.8) is 0 Å². The van der Waals surface area contributed by atoms with Crippen LogP contribution in [-0.4, -0.2) is 51.6 Å². The summed E-state index contributed by atoms with van der Waals surface area (Å²) in [4.78, 5) is 0. The third kappa shape index (κ3) is 2.40. The molecule has 0 radical (unpaired) electrons. The third-order valence-corrected chi connectivity index (χ3v) is 1.10. The van der Waals surface area contributed by atoms with Gasteiger partial charge in [-0.1, -0.05) is 0 Å². The molecule has 0 saturated heterocycles. The van der Waals surface area contributed by atoms with Gasteiger partial charge in [-0.3, -0.25) is 0 Å². The normalized spacial score (nSPS) is 19.6. The van der Waals surface area contributed by atoms with E-state index in [0.29, 0.717) is 6.21 Å². The van der Waals surface area contributed by atoms with Crippen LogP contribution in [0.5, 0.6) is 0 Å². The fraction of sp³-hybridized carbons (Fsp3) is 0.800. The average molecular weight is 149 g/mol. The molecule has 0 saturated carbocycles. The van der Waals surface area contributed by atoms with Gasteiger partial charge in [-0.05, 0) is 0 Å². The molecule has 3 atom stereocenters. The number of hydrogen-bond acceptors (Lipinski definition) is 5. The van der Waals surface area contributed by atoms with E-state index < -0.39 is 24.9 Å². The number of nitrogens with one attached hydrogen (secondary N) is 1. The summed E-state index contributed by atoms with van der Waals surface area (Å²) in [6.45, 7) is -0.633. The molecule has 0 amide bonds. The van der Waals surface area contributed by atoms with Gasteiger partial charge < -0.3 is 25.8 Å². The summed E-state index contributed by atoms with van der Waals surface area (Å²) in [5.41, 5.74) is 0. The molecule has 0 heterocycles. The highest BCUT2D eigenvalue weighted by Gasteiger charge is 2.21. The summed E-state index contributed by atoms with van der Waals surface area (Å²) >= 11 is 0. The van der Waals surface area contributed by atoms with Crippen molar-refractivity contribution in [2.45, 2.75) is 18.3 Å². The maximum Gasteiger partial charge on any atom is 0.117 e. The fourth-order valence-electron chi connectivity index (χ4n) is 0.434. The van der Waals surface area contributed by atoms with Gasteiger partial charge in [0, 0.05) is 6.21 Å². The molecular formula is C5H11NO4. The molecule has 0 aliphatic heterocycles. The zero-order valence-corrected chi connectivity index (χ0v) is 5.31. The quantitative estimate of drug-likeness (QED) is 0.290. The minimum Gasteiger partial charge on any atom is -0.394 e. The van der Waals surface area contributed by atoms with Crippen LogP contribution in [0.3, 0.4) is 0 Å². The molecular weight excluding hydrogens is 138 g/mol. The van der Waals surface area contributed by atoms with Crippen LogP contribution in [-0.2, 0) is 0 Å². The Morgan fingerprint density at radius 3 is 2.10 bits per heavy atom. The Morgan fingerprint density at radius 1 is 1.30 bits per heavy atom. The first-order valence-electron chi connectivity index (χ1n) is 2.79. The monoisotopic (exact) mass is 149 g/mol. The van der Waals surface area contributed by atoms with E-state index in [1.807, 2.05) is 0 Å². The van der Waals surface area contributed by atoms with Crippen molar-refractivity contribution in [3.8, 4) is 0 Å². The Balaban J connectivity index is 3.80. The first kappa shape index (κ1) is 9.51. The van der Waals surface area contributed by atoms with Crippen molar-refractivity contribution in [2.75, 3.05) is 6.61 Å². The van der Waals surface area contributed by atoms with Crippen LogP contribution in [0.1, 0.15) is 0 Å². The summed E-state index contributed by atoms with van der Waals surface area (Å²) in [7, 11) is 0. The lowest BCUT2D eigenvalue weighted by Crippen LogP contribution is -2.40. The van der Waals surface area contributed by atoms with Gasteiger partial charge in [0.25, 0.3) is 0 Å². The molecule has 0 aliphatic rings. The van der Waals surface area contributed by atoms with E-state index >= 15 is 0 Å². The summed E-state index contributed by atoms with van der Waals surface area (Å²) in [5, 5.41) is 40.8. The van der Waals surface area contributed by atoms with E-state index in [1.54, 1.807) is 0 Å². The predicted octanol–water partition coefficient (Wildman–Crippen LogP) is -2.29. The van der Waals surface area contributed by atoms with Gasteiger partial charge in [-0.2, -0.15) is 0 Å². The largest absolute Gasteiger partial charge is 0.394 e. The molecule has 0 unspecified atom stereocenters. The predicted molar refractivity (Wildman–Crippen MR) is 33.9 cm³/mol. The second-order valence-electron chi connectivity index (χ2n) is 1.90. The Hall–Kier alpha value is -0.490. The second kappa shape index (κ2) is 4.35. The molecule has 5 N–H and O–H groups in total. The molecule has 0 aromatic heterocycles. The van der Waals surface area contributed by atoms with Gasteiger partial charge >= 0.3 is 0 Å². The van der Waals surface area contributed by atoms with Crippen molar-refractivity contribution in [1.29, 1.82) is 5.41 Å². The van der Waals surface area contributed by atoms with Crippen LogP contribution < -0.4 is 0 Å². The van der Waals surface area contributed by atoms with Crippen LogP contribution in [0, 0.1) is 5.41 Å². The molecule has 0 aliphatic carbocycles. The lowest BCUT2D eigenvalue weighted by atomic mass is 10.1. The van der Waals surface area contributed by atoms with E-state index in [4.69, 9.17) is 25.8 Å².